The summed E-state index contributed by atoms with van der Waals surface area (Å²) in [6.45, 7) is 3.75. The fourth-order valence-corrected chi connectivity index (χ4v) is 3.94. The van der Waals surface area contributed by atoms with Crippen LogP contribution in [0.25, 0.3) is 5.57 Å². The zero-order chi connectivity index (χ0) is 23.9. The van der Waals surface area contributed by atoms with Crippen molar-refractivity contribution < 1.29 is 9.13 Å². The summed E-state index contributed by atoms with van der Waals surface area (Å²) in [7, 11) is 0. The molecule has 1 saturated heterocycles. The number of nitrogens with one attached hydrogen (secondary N) is 1. The third kappa shape index (κ3) is 9.53. The van der Waals surface area contributed by atoms with E-state index in [4.69, 9.17) is 22.1 Å². The lowest BCUT2D eigenvalue weighted by Crippen LogP contribution is -2.37. The maximum Gasteiger partial charge on any atom is 0.149 e. The molecule has 1 aromatic rings. The van der Waals surface area contributed by atoms with E-state index in [1.165, 1.54) is 50.3 Å². The Morgan fingerprint density at radius 3 is 2.52 bits per heavy atom. The summed E-state index contributed by atoms with van der Waals surface area (Å²) in [6.07, 6.45) is 15.1. The zero-order valence-corrected chi connectivity index (χ0v) is 20.2. The van der Waals surface area contributed by atoms with Gasteiger partial charge in [0.1, 0.15) is 11.6 Å². The summed E-state index contributed by atoms with van der Waals surface area (Å²) in [6, 6.07) is 3.91. The second kappa shape index (κ2) is 14.7. The van der Waals surface area contributed by atoms with Crippen LogP contribution in [0, 0.1) is 22.6 Å². The van der Waals surface area contributed by atoms with Crippen molar-refractivity contribution in [1.29, 1.82) is 5.26 Å². The number of hydrogen-bond donors (Lipinski definition) is 2. The van der Waals surface area contributed by atoms with E-state index in [0.29, 0.717) is 50.3 Å². The van der Waals surface area contributed by atoms with Crippen LogP contribution < -0.4 is 11.1 Å². The van der Waals surface area contributed by atoms with Gasteiger partial charge in [0.15, 0.2) is 0 Å². The molecule has 6 nitrogen and oxygen atoms in total. The Balaban J connectivity index is 0.000000554. The van der Waals surface area contributed by atoms with Crippen molar-refractivity contribution in [1.82, 2.24) is 10.3 Å². The highest BCUT2D eigenvalue weighted by Gasteiger charge is 2.32. The number of halogens is 2. The van der Waals surface area contributed by atoms with Crippen LogP contribution in [0.15, 0.2) is 35.1 Å². The number of rotatable bonds is 7. The van der Waals surface area contributed by atoms with Crippen LogP contribution in [-0.4, -0.2) is 37.0 Å². The summed E-state index contributed by atoms with van der Waals surface area (Å²) >= 11 is 5.48. The second-order valence-corrected chi connectivity index (χ2v) is 8.71. The lowest BCUT2D eigenvalue weighted by Gasteiger charge is -2.31. The van der Waals surface area contributed by atoms with Gasteiger partial charge in [-0.05, 0) is 43.6 Å². The van der Waals surface area contributed by atoms with Crippen LogP contribution in [0.3, 0.4) is 0 Å². The number of aromatic nitrogens is 1. The van der Waals surface area contributed by atoms with Gasteiger partial charge in [0, 0.05) is 31.0 Å². The number of anilines is 1. The van der Waals surface area contributed by atoms with Crippen LogP contribution in [0.4, 0.5) is 10.2 Å². The number of nitriles is 1. The van der Waals surface area contributed by atoms with E-state index < -0.39 is 11.2 Å². The number of nitrogens with zero attached hydrogens (tertiary/aromatic N) is 3. The number of hydrogen-bond acceptors (Lipinski definition) is 6. The predicted octanol–water partition coefficient (Wildman–Crippen LogP) is 5.61. The summed E-state index contributed by atoms with van der Waals surface area (Å²) in [4.78, 5) is 7.70. The Morgan fingerprint density at radius 1 is 1.30 bits per heavy atom. The third-order valence-corrected chi connectivity index (χ3v) is 6.11. The molecule has 8 heteroatoms. The van der Waals surface area contributed by atoms with Gasteiger partial charge in [-0.1, -0.05) is 50.1 Å². The van der Waals surface area contributed by atoms with Crippen LogP contribution in [0.5, 0.6) is 0 Å². The van der Waals surface area contributed by atoms with Crippen molar-refractivity contribution in [3.05, 3.63) is 41.5 Å². The molecule has 0 spiro atoms. The Morgan fingerprint density at radius 2 is 1.94 bits per heavy atom. The highest BCUT2D eigenvalue weighted by molar-refractivity contribution is 6.56. The molecule has 1 saturated carbocycles. The van der Waals surface area contributed by atoms with Crippen LogP contribution >= 0.6 is 11.6 Å². The smallest absolute Gasteiger partial charge is 0.149 e. The van der Waals surface area contributed by atoms with Crippen molar-refractivity contribution in [2.75, 3.05) is 32.0 Å². The third-order valence-electron chi connectivity index (χ3n) is 5.98. The maximum atomic E-state index is 14.1. The molecule has 2 aliphatic rings. The minimum absolute atomic E-state index is 0.245. The zero-order valence-electron chi connectivity index (χ0n) is 19.5. The first-order chi connectivity index (χ1) is 16.0. The molecule has 0 unspecified atom stereocenters. The molecule has 1 aliphatic carbocycles. The largest absolute Gasteiger partial charge is 0.384 e. The number of allylic oxidation sites excluding steroid dienone is 2. The van der Waals surface area contributed by atoms with Gasteiger partial charge < -0.3 is 15.8 Å². The molecular formula is C25H35ClFN5O. The molecule has 0 bridgehead atoms. The molecule has 3 N–H and O–H groups in total. The van der Waals surface area contributed by atoms with Crippen molar-refractivity contribution >= 4 is 28.7 Å². The van der Waals surface area contributed by atoms with Gasteiger partial charge >= 0.3 is 0 Å². The SMILES string of the molecule is C/C(=C\C(=CCN=CCl)NCC1(C#N)CCOCC1)c1cc(N)ncc1F.C1CCCCC1. The Bertz CT molecular complexity index is 857. The molecular weight excluding hydrogens is 441 g/mol. The van der Waals surface area contributed by atoms with E-state index in [9.17, 15) is 9.65 Å². The van der Waals surface area contributed by atoms with Gasteiger partial charge in [0.2, 0.25) is 0 Å². The molecule has 180 valence electrons. The molecule has 1 aromatic heterocycles. The van der Waals surface area contributed by atoms with E-state index in [-0.39, 0.29) is 5.82 Å². The van der Waals surface area contributed by atoms with E-state index in [1.54, 1.807) is 13.0 Å². The minimum Gasteiger partial charge on any atom is -0.384 e. The number of aliphatic imine (C=N–C) groups is 1. The van der Waals surface area contributed by atoms with Gasteiger partial charge in [0.05, 0.1) is 29.9 Å². The van der Waals surface area contributed by atoms with Gasteiger partial charge in [-0.15, -0.1) is 0 Å². The number of nitrogen functional groups attached to an aromatic ring is 1. The Kier molecular flexibility index (Phi) is 11.9. The van der Waals surface area contributed by atoms with Crippen LogP contribution in [-0.2, 0) is 4.74 Å². The van der Waals surface area contributed by atoms with Gasteiger partial charge in [0.25, 0.3) is 0 Å². The fourth-order valence-electron chi connectivity index (χ4n) is 3.86. The predicted molar refractivity (Wildman–Crippen MR) is 133 cm³/mol. The van der Waals surface area contributed by atoms with Gasteiger partial charge in [-0.3, -0.25) is 4.99 Å². The molecule has 0 amide bonds. The first-order valence-electron chi connectivity index (χ1n) is 11.6. The van der Waals surface area contributed by atoms with E-state index in [0.717, 1.165) is 11.9 Å². The van der Waals surface area contributed by atoms with Crippen molar-refractivity contribution in [2.45, 2.75) is 58.3 Å². The number of ether oxygens (including phenoxy) is 1. The summed E-state index contributed by atoms with van der Waals surface area (Å²) in [5.74, 6) is -0.205. The molecule has 0 atom stereocenters. The van der Waals surface area contributed by atoms with Gasteiger partial charge in [-0.2, -0.15) is 5.26 Å². The second-order valence-electron chi connectivity index (χ2n) is 8.52. The average molecular weight is 476 g/mol. The highest BCUT2D eigenvalue weighted by atomic mass is 35.5. The first-order valence-corrected chi connectivity index (χ1v) is 12.0. The first kappa shape index (κ1) is 26.8. The van der Waals surface area contributed by atoms with E-state index >= 15 is 0 Å². The monoisotopic (exact) mass is 475 g/mol. The minimum atomic E-state index is -0.485. The van der Waals surface area contributed by atoms with Gasteiger partial charge in [-0.25, -0.2) is 9.37 Å². The van der Waals surface area contributed by atoms with Crippen LogP contribution in [0.2, 0.25) is 0 Å². The molecule has 33 heavy (non-hydrogen) atoms. The lowest BCUT2D eigenvalue weighted by atomic mass is 9.81. The maximum absolute atomic E-state index is 14.1. The van der Waals surface area contributed by atoms with E-state index in [2.05, 4.69) is 21.4 Å². The summed E-state index contributed by atoms with van der Waals surface area (Å²) < 4.78 is 19.4. The topological polar surface area (TPSA) is 96.3 Å². The number of nitrogens with two attached hydrogens (primary N) is 1. The summed E-state index contributed by atoms with van der Waals surface area (Å²) in [5, 5.41) is 12.9. The van der Waals surface area contributed by atoms with E-state index in [1.807, 2.05) is 6.08 Å². The lowest BCUT2D eigenvalue weighted by molar-refractivity contribution is 0.0416. The van der Waals surface area contributed by atoms with Crippen molar-refractivity contribution in [2.24, 2.45) is 10.4 Å². The molecule has 0 radical (unpaired) electrons. The molecule has 2 heterocycles. The number of pyridine rings is 1. The Labute approximate surface area is 201 Å². The standard InChI is InChI=1S/C19H23ClFN5O.C6H12/c1-14(16-9-18(23)25-10-17(16)21)8-15(2-5-24-13-20)26-12-19(11-22)3-6-27-7-4-19;1-2-4-6-5-3-1/h2,8-10,13,26H,3-7,12H2,1H3,(H2,23,25);1-6H2/b14-8+,15-2?,24-13?;. The highest BCUT2D eigenvalue weighted by Crippen LogP contribution is 2.29. The molecule has 3 rings (SSSR count). The van der Waals surface area contributed by atoms with Crippen molar-refractivity contribution in [3.8, 4) is 6.07 Å². The van der Waals surface area contributed by atoms with Crippen LogP contribution in [0.1, 0.15) is 63.9 Å². The molecule has 0 aromatic carbocycles. The molecule has 2 fully saturated rings. The quantitative estimate of drug-likeness (QED) is 0.394. The van der Waals surface area contributed by atoms with Crippen molar-refractivity contribution in [3.63, 3.8) is 0 Å². The normalized spacial score (nSPS) is 18.8. The average Bonchev–Trinajstić information content (AvgIpc) is 2.86. The summed E-state index contributed by atoms with van der Waals surface area (Å²) in [5.41, 5.74) is 8.16. The molecule has 1 aliphatic heterocycles. The fraction of sp³-hybridized carbons (Fsp3) is 0.560. The Hall–Kier alpha value is -2.43.